The molecular formula is C21H25O8P. The molecule has 0 saturated heterocycles. The van der Waals surface area contributed by atoms with Crippen molar-refractivity contribution in [1.29, 1.82) is 0 Å². The molecule has 1 unspecified atom stereocenters. The molecule has 0 amide bonds. The van der Waals surface area contributed by atoms with Crippen LogP contribution >= 0.6 is 7.14 Å². The summed E-state index contributed by atoms with van der Waals surface area (Å²) in [4.78, 5) is 26.9. The summed E-state index contributed by atoms with van der Waals surface area (Å²) in [5.41, 5.74) is -1.87. The molecule has 2 aromatic carbocycles. The molecule has 0 saturated carbocycles. The number of rotatable bonds is 10. The second-order valence-corrected chi connectivity index (χ2v) is 9.03. The first-order valence-electron chi connectivity index (χ1n) is 9.02. The van der Waals surface area contributed by atoms with Crippen molar-refractivity contribution < 1.29 is 37.8 Å². The predicted molar refractivity (Wildman–Crippen MR) is 112 cm³/mol. The van der Waals surface area contributed by atoms with Crippen LogP contribution in [-0.4, -0.2) is 52.8 Å². The third kappa shape index (κ3) is 4.00. The van der Waals surface area contributed by atoms with Gasteiger partial charge in [0.25, 0.3) is 0 Å². The van der Waals surface area contributed by atoms with Crippen LogP contribution in [0.2, 0.25) is 0 Å². The first-order chi connectivity index (χ1) is 14.3. The first kappa shape index (κ1) is 23.3. The molecule has 0 aliphatic carbocycles. The van der Waals surface area contributed by atoms with E-state index >= 15 is 0 Å². The van der Waals surface area contributed by atoms with Crippen molar-refractivity contribution in [1.82, 2.24) is 0 Å². The summed E-state index contributed by atoms with van der Waals surface area (Å²) < 4.78 is 40.2. The maximum absolute atomic E-state index is 13.9. The van der Waals surface area contributed by atoms with Crippen LogP contribution in [-0.2, 0) is 4.57 Å². The minimum atomic E-state index is -4.15. The largest absolute Gasteiger partial charge is 0.496 e. The first-order valence-corrected chi connectivity index (χ1v) is 10.9. The van der Waals surface area contributed by atoms with E-state index in [9.17, 15) is 14.2 Å². The van der Waals surface area contributed by atoms with Crippen molar-refractivity contribution >= 4 is 18.2 Å². The highest BCUT2D eigenvalue weighted by Crippen LogP contribution is 2.56. The molecule has 0 radical (unpaired) electrons. The van der Waals surface area contributed by atoms with Gasteiger partial charge in [-0.25, -0.2) is 0 Å². The van der Waals surface area contributed by atoms with Crippen LogP contribution < -0.4 is 23.7 Å². The highest BCUT2D eigenvalue weighted by atomic mass is 31.2. The normalized spacial score (nSPS) is 12.5. The molecule has 2 rings (SSSR count). The van der Waals surface area contributed by atoms with Crippen molar-refractivity contribution in [2.24, 2.45) is 0 Å². The number of carbonyl (C=O) groups is 2. The van der Waals surface area contributed by atoms with E-state index in [1.54, 1.807) is 6.07 Å². The SMILES string of the molecule is CCP(=O)(C(=O)c1c(OC)cccc1OC)C(=O)c1c(OC)cc(OC)cc1OC. The van der Waals surface area contributed by atoms with Gasteiger partial charge in [0.15, 0.2) is 0 Å². The van der Waals surface area contributed by atoms with E-state index in [0.29, 0.717) is 5.75 Å². The lowest BCUT2D eigenvalue weighted by Crippen LogP contribution is -2.16. The summed E-state index contributed by atoms with van der Waals surface area (Å²) in [6, 6.07) is 7.63. The van der Waals surface area contributed by atoms with Gasteiger partial charge in [-0.1, -0.05) is 13.0 Å². The van der Waals surface area contributed by atoms with Crippen LogP contribution in [0.5, 0.6) is 28.7 Å². The number of hydrogen-bond acceptors (Lipinski definition) is 8. The Morgan fingerprint density at radius 2 is 1.13 bits per heavy atom. The zero-order valence-electron chi connectivity index (χ0n) is 17.8. The molecule has 1 atom stereocenters. The van der Waals surface area contributed by atoms with E-state index in [1.165, 1.54) is 66.7 Å². The Kier molecular flexibility index (Phi) is 7.51. The smallest absolute Gasteiger partial charge is 0.236 e. The minimum Gasteiger partial charge on any atom is -0.496 e. The number of carbonyl (C=O) groups excluding carboxylic acids is 2. The summed E-state index contributed by atoms with van der Waals surface area (Å²) in [5, 5.41) is 0. The Morgan fingerprint density at radius 3 is 1.47 bits per heavy atom. The quantitative estimate of drug-likeness (QED) is 0.514. The average molecular weight is 436 g/mol. The molecule has 0 fully saturated rings. The maximum Gasteiger partial charge on any atom is 0.236 e. The second-order valence-electron chi connectivity index (χ2n) is 6.11. The van der Waals surface area contributed by atoms with E-state index in [2.05, 4.69) is 0 Å². The molecule has 0 aliphatic rings. The van der Waals surface area contributed by atoms with E-state index < -0.39 is 18.2 Å². The van der Waals surface area contributed by atoms with Crippen LogP contribution in [0.15, 0.2) is 30.3 Å². The van der Waals surface area contributed by atoms with E-state index in [4.69, 9.17) is 23.7 Å². The molecule has 2 aromatic rings. The Balaban J connectivity index is 2.72. The molecule has 0 spiro atoms. The van der Waals surface area contributed by atoms with Crippen molar-refractivity contribution in [3.05, 3.63) is 41.5 Å². The molecule has 0 aliphatic heterocycles. The molecule has 0 heterocycles. The highest BCUT2D eigenvalue weighted by Gasteiger charge is 2.44. The zero-order chi connectivity index (χ0) is 22.5. The highest BCUT2D eigenvalue weighted by molar-refractivity contribution is 7.95. The molecular weight excluding hydrogens is 411 g/mol. The molecule has 0 N–H and O–H groups in total. The van der Waals surface area contributed by atoms with E-state index in [-0.39, 0.29) is 40.3 Å². The van der Waals surface area contributed by atoms with Gasteiger partial charge < -0.3 is 28.2 Å². The Bertz CT molecular complexity index is 951. The van der Waals surface area contributed by atoms with Gasteiger partial charge >= 0.3 is 0 Å². The van der Waals surface area contributed by atoms with Crippen LogP contribution in [0, 0.1) is 0 Å². The average Bonchev–Trinajstić information content (AvgIpc) is 2.80. The van der Waals surface area contributed by atoms with Gasteiger partial charge in [-0.15, -0.1) is 0 Å². The molecule has 162 valence electrons. The molecule has 0 aromatic heterocycles. The summed E-state index contributed by atoms with van der Waals surface area (Å²) in [7, 11) is 2.76. The number of ether oxygens (including phenoxy) is 5. The molecule has 0 bridgehead atoms. The van der Waals surface area contributed by atoms with Crippen molar-refractivity contribution in [2.75, 3.05) is 41.7 Å². The minimum absolute atomic E-state index is 0.0486. The van der Waals surface area contributed by atoms with Gasteiger partial charge in [0.05, 0.1) is 35.5 Å². The summed E-state index contributed by atoms with van der Waals surface area (Å²) in [5.74, 6) is 0.877. The van der Waals surface area contributed by atoms with Crippen LogP contribution in [0.1, 0.15) is 27.6 Å². The van der Waals surface area contributed by atoms with Gasteiger partial charge in [-0.05, 0) is 12.1 Å². The second kappa shape index (κ2) is 9.67. The third-order valence-electron chi connectivity index (χ3n) is 4.67. The van der Waals surface area contributed by atoms with Crippen LogP contribution in [0.4, 0.5) is 0 Å². The Hall–Kier alpha value is -2.99. The predicted octanol–water partition coefficient (Wildman–Crippen LogP) is 4.09. The van der Waals surface area contributed by atoms with Crippen molar-refractivity contribution in [3.63, 3.8) is 0 Å². The lowest BCUT2D eigenvalue weighted by atomic mass is 10.2. The molecule has 9 heteroatoms. The number of methoxy groups -OCH3 is 5. The maximum atomic E-state index is 13.9. The van der Waals surface area contributed by atoms with Crippen molar-refractivity contribution in [2.45, 2.75) is 6.92 Å². The van der Waals surface area contributed by atoms with Crippen molar-refractivity contribution in [3.8, 4) is 28.7 Å². The summed E-state index contributed by atoms with van der Waals surface area (Å²) in [6.45, 7) is 1.51. The standard InChI is InChI=1S/C21H25O8P/c1-7-30(24,20(22)18-14(26-3)9-8-10-15(18)27-4)21(23)19-16(28-5)11-13(25-2)12-17(19)29-6/h8-12H,7H2,1-6H3. The topological polar surface area (TPSA) is 97.4 Å². The zero-order valence-corrected chi connectivity index (χ0v) is 18.7. The fourth-order valence-corrected chi connectivity index (χ4v) is 4.94. The van der Waals surface area contributed by atoms with Crippen LogP contribution in [0.25, 0.3) is 0 Å². The lowest BCUT2D eigenvalue weighted by molar-refractivity contribution is 0.103. The van der Waals surface area contributed by atoms with Gasteiger partial charge in [0.1, 0.15) is 39.9 Å². The fourth-order valence-electron chi connectivity index (χ4n) is 3.02. The van der Waals surface area contributed by atoms with Gasteiger partial charge in [-0.2, -0.15) is 0 Å². The van der Waals surface area contributed by atoms with Gasteiger partial charge in [0, 0.05) is 18.3 Å². The van der Waals surface area contributed by atoms with Gasteiger partial charge in [0.2, 0.25) is 18.2 Å². The Morgan fingerprint density at radius 1 is 0.733 bits per heavy atom. The number of hydrogen-bond donors (Lipinski definition) is 0. The fraction of sp³-hybridized carbons (Fsp3) is 0.333. The third-order valence-corrected chi connectivity index (χ3v) is 7.32. The summed E-state index contributed by atoms with van der Waals surface area (Å²) >= 11 is 0. The van der Waals surface area contributed by atoms with Gasteiger partial charge in [-0.3, -0.25) is 9.59 Å². The lowest BCUT2D eigenvalue weighted by Gasteiger charge is -2.20. The van der Waals surface area contributed by atoms with E-state index in [0.717, 1.165) is 0 Å². The molecule has 30 heavy (non-hydrogen) atoms. The molecule has 8 nitrogen and oxygen atoms in total. The number of benzene rings is 2. The van der Waals surface area contributed by atoms with E-state index in [1.807, 2.05) is 0 Å². The Labute approximate surface area is 175 Å². The summed E-state index contributed by atoms with van der Waals surface area (Å²) in [6.07, 6.45) is -0.204. The van der Waals surface area contributed by atoms with Crippen LogP contribution in [0.3, 0.4) is 0 Å². The monoisotopic (exact) mass is 436 g/mol.